The number of hydrogen-bond donors (Lipinski definition) is 1. The molecule has 88 valence electrons. The lowest BCUT2D eigenvalue weighted by Gasteiger charge is -2.12. The number of ether oxygens (including phenoxy) is 2. The molecule has 4 heteroatoms. The molecular formula is C12H17NO3. The zero-order chi connectivity index (χ0) is 12.1. The van der Waals surface area contributed by atoms with Crippen LogP contribution in [0.2, 0.25) is 0 Å². The third kappa shape index (κ3) is 3.46. The average molecular weight is 223 g/mol. The van der Waals surface area contributed by atoms with E-state index in [9.17, 15) is 4.79 Å². The van der Waals surface area contributed by atoms with Crippen molar-refractivity contribution in [1.82, 2.24) is 0 Å². The van der Waals surface area contributed by atoms with Gasteiger partial charge in [-0.05, 0) is 38.5 Å². The molecular weight excluding hydrogens is 206 g/mol. The van der Waals surface area contributed by atoms with Crippen LogP contribution in [0.4, 0.5) is 10.5 Å². The summed E-state index contributed by atoms with van der Waals surface area (Å²) in [5.74, 6) is 0.617. The number of carbonyl (C=O) groups is 1. The van der Waals surface area contributed by atoms with Gasteiger partial charge >= 0.3 is 6.09 Å². The Morgan fingerprint density at radius 3 is 2.62 bits per heavy atom. The Kier molecular flexibility index (Phi) is 4.17. The summed E-state index contributed by atoms with van der Waals surface area (Å²) >= 11 is 0. The Hall–Kier alpha value is -1.71. The number of amides is 1. The molecule has 4 nitrogen and oxygen atoms in total. The molecule has 0 aliphatic carbocycles. The highest BCUT2D eigenvalue weighted by Gasteiger charge is 2.09. The van der Waals surface area contributed by atoms with E-state index in [1.54, 1.807) is 27.0 Å². The van der Waals surface area contributed by atoms with E-state index in [0.29, 0.717) is 11.4 Å². The van der Waals surface area contributed by atoms with E-state index >= 15 is 0 Å². The fourth-order valence-corrected chi connectivity index (χ4v) is 1.27. The summed E-state index contributed by atoms with van der Waals surface area (Å²) in [6.07, 6.45) is -0.616. The van der Waals surface area contributed by atoms with Crippen molar-refractivity contribution in [3.8, 4) is 5.75 Å². The molecule has 0 aliphatic heterocycles. The molecule has 1 aromatic rings. The molecule has 0 fully saturated rings. The van der Waals surface area contributed by atoms with Gasteiger partial charge in [-0.15, -0.1) is 0 Å². The molecule has 0 heterocycles. The smallest absolute Gasteiger partial charge is 0.411 e. The highest BCUT2D eigenvalue weighted by atomic mass is 16.6. The fourth-order valence-electron chi connectivity index (χ4n) is 1.27. The van der Waals surface area contributed by atoms with Crippen LogP contribution in [0.25, 0.3) is 0 Å². The van der Waals surface area contributed by atoms with Crippen molar-refractivity contribution in [3.63, 3.8) is 0 Å². The van der Waals surface area contributed by atoms with Gasteiger partial charge in [-0.1, -0.05) is 6.07 Å². The van der Waals surface area contributed by atoms with Crippen molar-refractivity contribution >= 4 is 11.8 Å². The normalized spacial score (nSPS) is 10.1. The number of nitrogens with one attached hydrogen (secondary N) is 1. The summed E-state index contributed by atoms with van der Waals surface area (Å²) in [5.41, 5.74) is 1.66. The topological polar surface area (TPSA) is 47.6 Å². The van der Waals surface area contributed by atoms with Gasteiger partial charge in [0.15, 0.2) is 0 Å². The summed E-state index contributed by atoms with van der Waals surface area (Å²) in [6, 6.07) is 5.55. The first-order valence-electron chi connectivity index (χ1n) is 5.15. The Morgan fingerprint density at radius 2 is 2.06 bits per heavy atom. The van der Waals surface area contributed by atoms with Crippen LogP contribution in [0.15, 0.2) is 18.2 Å². The molecule has 0 aromatic heterocycles. The fraction of sp³-hybridized carbons (Fsp3) is 0.417. The Balaban J connectivity index is 2.79. The first kappa shape index (κ1) is 12.4. The highest BCUT2D eigenvalue weighted by molar-refractivity contribution is 5.87. The van der Waals surface area contributed by atoms with E-state index in [2.05, 4.69) is 5.32 Å². The predicted octanol–water partition coefficient (Wildman–Crippen LogP) is 2.96. The van der Waals surface area contributed by atoms with Gasteiger partial charge in [0.25, 0.3) is 0 Å². The molecule has 0 atom stereocenters. The Bertz CT molecular complexity index is 375. The second-order valence-electron chi connectivity index (χ2n) is 3.78. The van der Waals surface area contributed by atoms with Crippen LogP contribution in [0, 0.1) is 6.92 Å². The van der Waals surface area contributed by atoms with Crippen molar-refractivity contribution in [1.29, 1.82) is 0 Å². The van der Waals surface area contributed by atoms with Gasteiger partial charge in [0.05, 0.1) is 18.9 Å². The van der Waals surface area contributed by atoms with Crippen molar-refractivity contribution in [2.45, 2.75) is 26.9 Å². The number of carbonyl (C=O) groups excluding carboxylic acids is 1. The molecule has 0 radical (unpaired) electrons. The lowest BCUT2D eigenvalue weighted by atomic mass is 10.2. The molecule has 0 saturated heterocycles. The van der Waals surface area contributed by atoms with Crippen LogP contribution in [-0.2, 0) is 4.74 Å². The van der Waals surface area contributed by atoms with E-state index in [1.165, 1.54) is 0 Å². The third-order valence-electron chi connectivity index (χ3n) is 1.93. The summed E-state index contributed by atoms with van der Waals surface area (Å²) < 4.78 is 10.1. The maximum atomic E-state index is 11.4. The molecule has 0 aliphatic rings. The molecule has 0 unspecified atom stereocenters. The minimum absolute atomic E-state index is 0.143. The summed E-state index contributed by atoms with van der Waals surface area (Å²) in [7, 11) is 1.56. The maximum Gasteiger partial charge on any atom is 0.411 e. The quantitative estimate of drug-likeness (QED) is 0.857. The lowest BCUT2D eigenvalue weighted by molar-refractivity contribution is 0.130. The summed E-state index contributed by atoms with van der Waals surface area (Å²) in [4.78, 5) is 11.4. The molecule has 0 bridgehead atoms. The van der Waals surface area contributed by atoms with Crippen LogP contribution in [0.1, 0.15) is 19.4 Å². The minimum atomic E-state index is -0.473. The monoisotopic (exact) mass is 223 g/mol. The number of hydrogen-bond acceptors (Lipinski definition) is 3. The van der Waals surface area contributed by atoms with Gasteiger partial charge in [-0.25, -0.2) is 4.79 Å². The van der Waals surface area contributed by atoms with Crippen LogP contribution in [0.5, 0.6) is 5.75 Å². The lowest BCUT2D eigenvalue weighted by Crippen LogP contribution is -2.18. The van der Waals surface area contributed by atoms with Crippen LogP contribution >= 0.6 is 0 Å². The van der Waals surface area contributed by atoms with Crippen molar-refractivity contribution in [3.05, 3.63) is 23.8 Å². The van der Waals surface area contributed by atoms with E-state index in [0.717, 1.165) is 5.56 Å². The molecule has 1 aromatic carbocycles. The SMILES string of the molecule is COc1ccc(C)cc1NC(=O)OC(C)C. The molecule has 1 rings (SSSR count). The van der Waals surface area contributed by atoms with Gasteiger partial charge < -0.3 is 9.47 Å². The number of rotatable bonds is 3. The van der Waals surface area contributed by atoms with E-state index in [4.69, 9.17) is 9.47 Å². The summed E-state index contributed by atoms with van der Waals surface area (Å²) in [6.45, 7) is 5.54. The average Bonchev–Trinajstić information content (AvgIpc) is 2.16. The number of anilines is 1. The molecule has 1 N–H and O–H groups in total. The number of methoxy groups -OCH3 is 1. The van der Waals surface area contributed by atoms with E-state index in [1.807, 2.05) is 19.1 Å². The second-order valence-corrected chi connectivity index (χ2v) is 3.78. The minimum Gasteiger partial charge on any atom is -0.495 e. The third-order valence-corrected chi connectivity index (χ3v) is 1.93. The molecule has 0 spiro atoms. The van der Waals surface area contributed by atoms with E-state index in [-0.39, 0.29) is 6.10 Å². The van der Waals surface area contributed by atoms with Gasteiger partial charge in [0.2, 0.25) is 0 Å². The van der Waals surface area contributed by atoms with Crippen molar-refractivity contribution < 1.29 is 14.3 Å². The highest BCUT2D eigenvalue weighted by Crippen LogP contribution is 2.25. The molecule has 1 amide bonds. The standard InChI is InChI=1S/C12H17NO3/c1-8(2)16-12(14)13-10-7-9(3)5-6-11(10)15-4/h5-8H,1-4H3,(H,13,14). The van der Waals surface area contributed by atoms with Crippen molar-refractivity contribution in [2.75, 3.05) is 12.4 Å². The van der Waals surface area contributed by atoms with Gasteiger partial charge in [-0.2, -0.15) is 0 Å². The first-order valence-corrected chi connectivity index (χ1v) is 5.15. The van der Waals surface area contributed by atoms with Gasteiger partial charge in [0.1, 0.15) is 5.75 Å². The predicted molar refractivity (Wildman–Crippen MR) is 63.0 cm³/mol. The maximum absolute atomic E-state index is 11.4. The number of aryl methyl sites for hydroxylation is 1. The Labute approximate surface area is 95.6 Å². The molecule has 0 saturated carbocycles. The zero-order valence-corrected chi connectivity index (χ0v) is 10.0. The zero-order valence-electron chi connectivity index (χ0n) is 10.0. The van der Waals surface area contributed by atoms with Crippen LogP contribution in [-0.4, -0.2) is 19.3 Å². The van der Waals surface area contributed by atoms with Gasteiger partial charge in [-0.3, -0.25) is 5.32 Å². The largest absolute Gasteiger partial charge is 0.495 e. The van der Waals surface area contributed by atoms with Crippen LogP contribution in [0.3, 0.4) is 0 Å². The second kappa shape index (κ2) is 5.39. The molecule has 16 heavy (non-hydrogen) atoms. The summed E-state index contributed by atoms with van der Waals surface area (Å²) in [5, 5.41) is 2.65. The van der Waals surface area contributed by atoms with Crippen molar-refractivity contribution in [2.24, 2.45) is 0 Å². The van der Waals surface area contributed by atoms with E-state index < -0.39 is 6.09 Å². The first-order chi connectivity index (χ1) is 7.52. The Morgan fingerprint density at radius 1 is 1.38 bits per heavy atom. The van der Waals surface area contributed by atoms with Gasteiger partial charge in [0, 0.05) is 0 Å². The number of benzene rings is 1. The van der Waals surface area contributed by atoms with Crippen LogP contribution < -0.4 is 10.1 Å².